The maximum atomic E-state index is 11.9. The van der Waals surface area contributed by atoms with Crippen molar-refractivity contribution in [2.24, 2.45) is 5.92 Å². The fraction of sp³-hybridized carbons (Fsp3) is 0.571. The highest BCUT2D eigenvalue weighted by molar-refractivity contribution is 9.11. The van der Waals surface area contributed by atoms with Crippen molar-refractivity contribution in [1.29, 1.82) is 0 Å². The summed E-state index contributed by atoms with van der Waals surface area (Å²) in [5.41, 5.74) is -1.09. The van der Waals surface area contributed by atoms with Crippen LogP contribution in [0.3, 0.4) is 0 Å². The molecule has 2 N–H and O–H groups in total. The summed E-state index contributed by atoms with van der Waals surface area (Å²) >= 11 is 5.07. The quantitative estimate of drug-likeness (QED) is 0.785. The Kier molecular flexibility index (Phi) is 4.86. The molecule has 0 radical (unpaired) electrons. The zero-order valence-electron chi connectivity index (χ0n) is 11.3. The second kappa shape index (κ2) is 6.26. The molecule has 0 aromatic carbocycles. The van der Waals surface area contributed by atoms with Gasteiger partial charge in [0.2, 0.25) is 5.91 Å². The van der Waals surface area contributed by atoms with E-state index in [2.05, 4.69) is 21.2 Å². The molecule has 6 heteroatoms. The lowest BCUT2D eigenvalue weighted by atomic mass is 9.95. The van der Waals surface area contributed by atoms with Crippen molar-refractivity contribution >= 4 is 39.1 Å². The van der Waals surface area contributed by atoms with Gasteiger partial charge in [0.05, 0.1) is 3.79 Å². The minimum absolute atomic E-state index is 0.0807. The SMILES string of the molecule is CC(NC(=O)CCCc1ccc(Br)s1)(C(=O)O)C1CC1. The Morgan fingerprint density at radius 1 is 1.50 bits per heavy atom. The maximum Gasteiger partial charge on any atom is 0.329 e. The van der Waals surface area contributed by atoms with Gasteiger partial charge in [-0.3, -0.25) is 4.79 Å². The smallest absolute Gasteiger partial charge is 0.329 e. The van der Waals surface area contributed by atoms with Crippen LogP contribution in [0.25, 0.3) is 0 Å². The molecule has 0 saturated heterocycles. The normalized spacial score (nSPS) is 17.5. The number of thiophene rings is 1. The van der Waals surface area contributed by atoms with Crippen LogP contribution in [0.4, 0.5) is 0 Å². The Labute approximate surface area is 130 Å². The molecule has 1 aliphatic carbocycles. The van der Waals surface area contributed by atoms with Gasteiger partial charge in [0.15, 0.2) is 0 Å². The zero-order valence-corrected chi connectivity index (χ0v) is 13.7. The maximum absolute atomic E-state index is 11.9. The number of amides is 1. The molecule has 1 aromatic rings. The van der Waals surface area contributed by atoms with Crippen LogP contribution in [0.1, 0.15) is 37.5 Å². The average molecular weight is 360 g/mol. The third-order valence-electron chi connectivity index (χ3n) is 3.69. The number of carbonyl (C=O) groups is 2. The van der Waals surface area contributed by atoms with Crippen molar-refractivity contribution in [2.45, 2.75) is 44.6 Å². The first-order valence-corrected chi connectivity index (χ1v) is 8.31. The molecule has 1 unspecified atom stereocenters. The number of hydrogen-bond acceptors (Lipinski definition) is 3. The molecule has 20 heavy (non-hydrogen) atoms. The van der Waals surface area contributed by atoms with E-state index < -0.39 is 11.5 Å². The Bertz CT molecular complexity index is 512. The van der Waals surface area contributed by atoms with Gasteiger partial charge in [-0.2, -0.15) is 0 Å². The van der Waals surface area contributed by atoms with Crippen molar-refractivity contribution in [2.75, 3.05) is 0 Å². The van der Waals surface area contributed by atoms with E-state index in [4.69, 9.17) is 0 Å². The number of halogens is 1. The molecule has 1 aromatic heterocycles. The van der Waals surface area contributed by atoms with Crippen molar-refractivity contribution < 1.29 is 14.7 Å². The zero-order chi connectivity index (χ0) is 14.8. The lowest BCUT2D eigenvalue weighted by molar-refractivity contribution is -0.147. The second-order valence-corrected chi connectivity index (χ2v) is 7.94. The summed E-state index contributed by atoms with van der Waals surface area (Å²) < 4.78 is 1.09. The van der Waals surface area contributed by atoms with Crippen LogP contribution in [0, 0.1) is 5.92 Å². The number of hydrogen-bond donors (Lipinski definition) is 2. The minimum Gasteiger partial charge on any atom is -0.480 e. The first-order chi connectivity index (χ1) is 9.41. The standard InChI is InChI=1S/C14H18BrNO3S/c1-14(13(18)19,9-5-6-9)16-12(17)4-2-3-10-7-8-11(15)20-10/h7-9H,2-6H2,1H3,(H,16,17)(H,18,19). The van der Waals surface area contributed by atoms with Crippen LogP contribution < -0.4 is 5.32 Å². The number of carboxylic acid groups (broad SMARTS) is 1. The lowest BCUT2D eigenvalue weighted by Gasteiger charge is -2.26. The van der Waals surface area contributed by atoms with E-state index >= 15 is 0 Å². The van der Waals surface area contributed by atoms with Gasteiger partial charge in [-0.25, -0.2) is 4.79 Å². The summed E-state index contributed by atoms with van der Waals surface area (Å²) in [6.45, 7) is 1.61. The van der Waals surface area contributed by atoms with E-state index in [9.17, 15) is 14.7 Å². The van der Waals surface area contributed by atoms with Crippen LogP contribution in [-0.2, 0) is 16.0 Å². The topological polar surface area (TPSA) is 66.4 Å². The number of carbonyl (C=O) groups excluding carboxylic acids is 1. The highest BCUT2D eigenvalue weighted by Gasteiger charge is 2.48. The van der Waals surface area contributed by atoms with Gasteiger partial charge in [0.25, 0.3) is 0 Å². The summed E-state index contributed by atoms with van der Waals surface area (Å²) in [5, 5.41) is 12.0. The minimum atomic E-state index is -1.09. The first-order valence-electron chi connectivity index (χ1n) is 6.70. The third-order valence-corrected chi connectivity index (χ3v) is 5.38. The van der Waals surface area contributed by atoms with Gasteiger partial charge in [-0.15, -0.1) is 11.3 Å². The molecule has 1 fully saturated rings. The van der Waals surface area contributed by atoms with E-state index in [-0.39, 0.29) is 11.8 Å². The molecular formula is C14H18BrNO3S. The molecule has 0 aliphatic heterocycles. The molecule has 1 amide bonds. The fourth-order valence-electron chi connectivity index (χ4n) is 2.25. The molecule has 4 nitrogen and oxygen atoms in total. The van der Waals surface area contributed by atoms with Gasteiger partial charge < -0.3 is 10.4 Å². The van der Waals surface area contributed by atoms with E-state index in [1.54, 1.807) is 18.3 Å². The molecule has 0 spiro atoms. The van der Waals surface area contributed by atoms with Crippen LogP contribution in [0.5, 0.6) is 0 Å². The molecule has 1 heterocycles. The van der Waals surface area contributed by atoms with E-state index in [0.29, 0.717) is 6.42 Å². The highest BCUT2D eigenvalue weighted by atomic mass is 79.9. The Morgan fingerprint density at radius 2 is 2.20 bits per heavy atom. The summed E-state index contributed by atoms with van der Waals surface area (Å²) in [4.78, 5) is 24.5. The van der Waals surface area contributed by atoms with Crippen LogP contribution in [0.15, 0.2) is 15.9 Å². The molecule has 0 bridgehead atoms. The Balaban J connectivity index is 1.78. The lowest BCUT2D eigenvalue weighted by Crippen LogP contribution is -2.53. The number of carboxylic acids is 1. The molecule has 1 atom stereocenters. The van der Waals surface area contributed by atoms with Gasteiger partial charge in [0, 0.05) is 11.3 Å². The second-order valence-electron chi connectivity index (χ2n) is 5.39. The Morgan fingerprint density at radius 3 is 2.70 bits per heavy atom. The average Bonchev–Trinajstić information content (AvgIpc) is 3.14. The molecular weight excluding hydrogens is 342 g/mol. The predicted molar refractivity (Wildman–Crippen MR) is 81.9 cm³/mol. The Hall–Kier alpha value is -0.880. The number of aryl methyl sites for hydroxylation is 1. The first kappa shape index (κ1) is 15.5. The van der Waals surface area contributed by atoms with E-state index in [0.717, 1.165) is 29.5 Å². The van der Waals surface area contributed by atoms with Gasteiger partial charge >= 0.3 is 5.97 Å². The predicted octanol–water partition coefficient (Wildman–Crippen LogP) is 3.20. The molecule has 2 rings (SSSR count). The van der Waals surface area contributed by atoms with Crippen molar-refractivity contribution in [3.63, 3.8) is 0 Å². The summed E-state index contributed by atoms with van der Waals surface area (Å²) in [6.07, 6.45) is 3.71. The number of aliphatic carboxylic acids is 1. The highest BCUT2D eigenvalue weighted by Crippen LogP contribution is 2.39. The van der Waals surface area contributed by atoms with Crippen LogP contribution in [0.2, 0.25) is 0 Å². The fourth-order valence-corrected chi connectivity index (χ4v) is 3.78. The van der Waals surface area contributed by atoms with Gasteiger partial charge in [0.1, 0.15) is 5.54 Å². The van der Waals surface area contributed by atoms with Crippen LogP contribution >= 0.6 is 27.3 Å². The molecule has 1 saturated carbocycles. The van der Waals surface area contributed by atoms with E-state index in [1.807, 2.05) is 12.1 Å². The summed E-state index contributed by atoms with van der Waals surface area (Å²) in [6, 6.07) is 4.03. The third kappa shape index (κ3) is 3.82. The van der Waals surface area contributed by atoms with Crippen LogP contribution in [-0.4, -0.2) is 22.5 Å². The monoisotopic (exact) mass is 359 g/mol. The molecule has 110 valence electrons. The van der Waals surface area contributed by atoms with Crippen molar-refractivity contribution in [1.82, 2.24) is 5.32 Å². The van der Waals surface area contributed by atoms with Crippen molar-refractivity contribution in [3.05, 3.63) is 20.8 Å². The molecule has 1 aliphatic rings. The van der Waals surface area contributed by atoms with Gasteiger partial charge in [-0.05, 0) is 66.6 Å². The largest absolute Gasteiger partial charge is 0.480 e. The summed E-state index contributed by atoms with van der Waals surface area (Å²) in [7, 11) is 0. The van der Waals surface area contributed by atoms with Crippen molar-refractivity contribution in [3.8, 4) is 0 Å². The summed E-state index contributed by atoms with van der Waals surface area (Å²) in [5.74, 6) is -1.02. The van der Waals surface area contributed by atoms with E-state index in [1.165, 1.54) is 4.88 Å². The van der Waals surface area contributed by atoms with Gasteiger partial charge in [-0.1, -0.05) is 0 Å². The number of rotatable bonds is 7. The number of nitrogens with one attached hydrogen (secondary N) is 1.